The van der Waals surface area contributed by atoms with Gasteiger partial charge in [-0.15, -0.1) is 0 Å². The number of aromatic hydroxyl groups is 1. The van der Waals surface area contributed by atoms with Gasteiger partial charge < -0.3 is 5.11 Å². The van der Waals surface area contributed by atoms with Crippen LogP contribution in [-0.2, 0) is 0 Å². The van der Waals surface area contributed by atoms with Crippen molar-refractivity contribution in [3.05, 3.63) is 35.9 Å². The Kier molecular flexibility index (Phi) is 13.3. The van der Waals surface area contributed by atoms with Gasteiger partial charge in [-0.2, -0.15) is 0 Å². The molecule has 0 unspecified atom stereocenters. The smallest absolute Gasteiger partial charge is 0.122 e. The number of unbranched alkanes of at least 4 members (excludes halogenated alkanes) is 13. The molecule has 1 aromatic carbocycles. The van der Waals surface area contributed by atoms with E-state index < -0.39 is 0 Å². The summed E-state index contributed by atoms with van der Waals surface area (Å²) in [5.74, 6) is 0.374. The molecule has 24 heavy (non-hydrogen) atoms. The maximum Gasteiger partial charge on any atom is 0.122 e. The highest BCUT2D eigenvalue weighted by Crippen LogP contribution is 2.18. The average Bonchev–Trinajstić information content (AvgIpc) is 2.60. The number of allylic oxidation sites excluding steroid dienone is 1. The molecule has 0 spiro atoms. The van der Waals surface area contributed by atoms with Gasteiger partial charge in [-0.25, -0.2) is 0 Å². The van der Waals surface area contributed by atoms with E-state index in [1.807, 2.05) is 24.3 Å². The number of phenols is 1. The maximum atomic E-state index is 9.67. The van der Waals surface area contributed by atoms with E-state index in [4.69, 9.17) is 0 Å². The third-order valence-electron chi connectivity index (χ3n) is 4.71. The lowest BCUT2D eigenvalue weighted by atomic mass is 10.0. The second-order valence-corrected chi connectivity index (χ2v) is 6.99. The maximum absolute atomic E-state index is 9.67. The fraction of sp³-hybridized carbons (Fsp3) is 0.652. The van der Waals surface area contributed by atoms with E-state index in [0.29, 0.717) is 5.75 Å². The van der Waals surface area contributed by atoms with Crippen LogP contribution in [0.2, 0.25) is 0 Å². The molecule has 136 valence electrons. The fourth-order valence-corrected chi connectivity index (χ4v) is 3.12. The Bertz CT molecular complexity index is 422. The summed E-state index contributed by atoms with van der Waals surface area (Å²) in [6.07, 6.45) is 23.6. The molecule has 0 bridgehead atoms. The monoisotopic (exact) mass is 330 g/mol. The van der Waals surface area contributed by atoms with Gasteiger partial charge in [0.05, 0.1) is 0 Å². The van der Waals surface area contributed by atoms with Crippen LogP contribution in [0.25, 0.3) is 6.08 Å². The number of benzene rings is 1. The fourth-order valence-electron chi connectivity index (χ4n) is 3.12. The normalized spacial score (nSPS) is 11.4. The molecule has 0 aliphatic rings. The minimum absolute atomic E-state index is 0.374. The van der Waals surface area contributed by atoms with E-state index in [1.165, 1.54) is 83.5 Å². The van der Waals surface area contributed by atoms with Crippen molar-refractivity contribution in [1.82, 2.24) is 0 Å². The molecule has 1 nitrogen and oxygen atoms in total. The van der Waals surface area contributed by atoms with Crippen molar-refractivity contribution in [2.24, 2.45) is 0 Å². The molecule has 0 saturated carbocycles. The zero-order valence-corrected chi connectivity index (χ0v) is 15.8. The lowest BCUT2D eigenvalue weighted by molar-refractivity contribution is 0.474. The van der Waals surface area contributed by atoms with Gasteiger partial charge >= 0.3 is 0 Å². The molecule has 0 aliphatic heterocycles. The van der Waals surface area contributed by atoms with Crippen LogP contribution >= 0.6 is 0 Å². The number of para-hydroxylation sites is 1. The molecule has 1 aromatic rings. The lowest BCUT2D eigenvalue weighted by Gasteiger charge is -2.02. The number of hydrogen-bond donors (Lipinski definition) is 1. The molecule has 1 rings (SSSR count). The van der Waals surface area contributed by atoms with Crippen LogP contribution in [0.5, 0.6) is 5.75 Å². The second-order valence-electron chi connectivity index (χ2n) is 6.99. The van der Waals surface area contributed by atoms with Gasteiger partial charge in [-0.1, -0.05) is 114 Å². The third kappa shape index (κ3) is 11.3. The quantitative estimate of drug-likeness (QED) is 0.324. The van der Waals surface area contributed by atoms with E-state index >= 15 is 0 Å². The van der Waals surface area contributed by atoms with E-state index in [9.17, 15) is 5.11 Å². The summed E-state index contributed by atoms with van der Waals surface area (Å²) in [5, 5.41) is 9.67. The van der Waals surface area contributed by atoms with Crippen molar-refractivity contribution >= 4 is 6.08 Å². The Balaban J connectivity index is 1.83. The molecular formula is C23H38O. The van der Waals surface area contributed by atoms with Crippen LogP contribution < -0.4 is 0 Å². The first-order chi connectivity index (χ1) is 11.8. The SMILES string of the molecule is CCCCCCCCCCCCCCCC=Cc1ccccc1O. The predicted octanol–water partition coefficient (Wildman–Crippen LogP) is 7.89. The highest BCUT2D eigenvalue weighted by molar-refractivity contribution is 5.56. The molecule has 0 fully saturated rings. The molecule has 1 heteroatoms. The van der Waals surface area contributed by atoms with Crippen molar-refractivity contribution in [1.29, 1.82) is 0 Å². The van der Waals surface area contributed by atoms with E-state index in [2.05, 4.69) is 13.0 Å². The molecule has 1 N–H and O–H groups in total. The topological polar surface area (TPSA) is 20.2 Å². The summed E-state index contributed by atoms with van der Waals surface area (Å²) in [7, 11) is 0. The van der Waals surface area contributed by atoms with Crippen molar-refractivity contribution in [3.8, 4) is 5.75 Å². The second kappa shape index (κ2) is 15.3. The minimum Gasteiger partial charge on any atom is -0.507 e. The van der Waals surface area contributed by atoms with Gasteiger partial charge in [0.25, 0.3) is 0 Å². The Morgan fingerprint density at radius 1 is 0.708 bits per heavy atom. The summed E-state index contributed by atoms with van der Waals surface area (Å²) in [6.45, 7) is 2.28. The first kappa shape index (κ1) is 20.8. The Morgan fingerprint density at radius 2 is 1.21 bits per heavy atom. The van der Waals surface area contributed by atoms with Gasteiger partial charge in [0.1, 0.15) is 5.75 Å². The molecule has 0 radical (unpaired) electrons. The first-order valence-corrected chi connectivity index (χ1v) is 10.3. The Morgan fingerprint density at radius 3 is 1.75 bits per heavy atom. The van der Waals surface area contributed by atoms with Crippen LogP contribution in [0.1, 0.15) is 102 Å². The molecule has 0 heterocycles. The van der Waals surface area contributed by atoms with Gasteiger partial charge in [-0.05, 0) is 18.9 Å². The largest absolute Gasteiger partial charge is 0.507 e. The van der Waals surface area contributed by atoms with Gasteiger partial charge in [-0.3, -0.25) is 0 Å². The van der Waals surface area contributed by atoms with Gasteiger partial charge in [0.15, 0.2) is 0 Å². The Labute approximate surface area is 150 Å². The number of hydrogen-bond acceptors (Lipinski definition) is 1. The van der Waals surface area contributed by atoms with Crippen LogP contribution in [0.4, 0.5) is 0 Å². The standard InChI is InChI=1S/C23H38O/c1-2-3-4-5-6-7-8-9-10-11-12-13-14-15-16-19-22-20-17-18-21-23(22)24/h16-21,24H,2-15H2,1H3. The van der Waals surface area contributed by atoms with Crippen LogP contribution in [-0.4, -0.2) is 5.11 Å². The summed E-state index contributed by atoms with van der Waals surface area (Å²) in [5.41, 5.74) is 0.923. The Hall–Kier alpha value is -1.24. The summed E-state index contributed by atoms with van der Waals surface area (Å²) < 4.78 is 0. The highest BCUT2D eigenvalue weighted by atomic mass is 16.3. The zero-order chi connectivity index (χ0) is 17.3. The first-order valence-electron chi connectivity index (χ1n) is 10.3. The van der Waals surface area contributed by atoms with Crippen LogP contribution in [0, 0.1) is 0 Å². The van der Waals surface area contributed by atoms with Crippen LogP contribution in [0.3, 0.4) is 0 Å². The molecule has 0 atom stereocenters. The minimum atomic E-state index is 0.374. The van der Waals surface area contributed by atoms with Crippen molar-refractivity contribution in [2.75, 3.05) is 0 Å². The molecule has 0 saturated heterocycles. The zero-order valence-electron chi connectivity index (χ0n) is 15.8. The van der Waals surface area contributed by atoms with E-state index in [0.717, 1.165) is 12.0 Å². The predicted molar refractivity (Wildman–Crippen MR) is 107 cm³/mol. The van der Waals surface area contributed by atoms with Gasteiger partial charge in [0.2, 0.25) is 0 Å². The van der Waals surface area contributed by atoms with E-state index in [1.54, 1.807) is 6.07 Å². The molecular weight excluding hydrogens is 292 g/mol. The summed E-state index contributed by atoms with van der Waals surface area (Å²) in [4.78, 5) is 0. The number of phenolic OH excluding ortho intramolecular Hbond substituents is 1. The van der Waals surface area contributed by atoms with Crippen molar-refractivity contribution < 1.29 is 5.11 Å². The average molecular weight is 331 g/mol. The van der Waals surface area contributed by atoms with Crippen molar-refractivity contribution in [2.45, 2.75) is 96.8 Å². The van der Waals surface area contributed by atoms with E-state index in [-0.39, 0.29) is 0 Å². The molecule has 0 aromatic heterocycles. The number of rotatable bonds is 15. The highest BCUT2D eigenvalue weighted by Gasteiger charge is 1.95. The summed E-state index contributed by atoms with van der Waals surface area (Å²) >= 11 is 0. The summed E-state index contributed by atoms with van der Waals surface area (Å²) in [6, 6.07) is 7.52. The van der Waals surface area contributed by atoms with Crippen molar-refractivity contribution in [3.63, 3.8) is 0 Å². The third-order valence-corrected chi connectivity index (χ3v) is 4.71. The lowest BCUT2D eigenvalue weighted by Crippen LogP contribution is -1.82. The van der Waals surface area contributed by atoms with Crippen LogP contribution in [0.15, 0.2) is 30.3 Å². The molecule has 0 amide bonds. The van der Waals surface area contributed by atoms with Gasteiger partial charge in [0, 0.05) is 5.56 Å². The molecule has 0 aliphatic carbocycles.